The minimum Gasteiger partial charge on any atom is -0.496 e. The molecule has 0 amide bonds. The van der Waals surface area contributed by atoms with Crippen molar-refractivity contribution in [2.75, 3.05) is 18.1 Å². The molecule has 0 bridgehead atoms. The molecule has 164 valence electrons. The van der Waals surface area contributed by atoms with E-state index in [1.165, 1.54) is 0 Å². The number of hydrogen-bond donors (Lipinski definition) is 1. The van der Waals surface area contributed by atoms with Gasteiger partial charge in [0.15, 0.2) is 0 Å². The summed E-state index contributed by atoms with van der Waals surface area (Å²) in [4.78, 5) is 0. The molecule has 1 aliphatic rings. The fourth-order valence-corrected chi connectivity index (χ4v) is 4.61. The van der Waals surface area contributed by atoms with Crippen molar-refractivity contribution in [3.05, 3.63) is 77.4 Å². The number of methoxy groups -OCH3 is 1. The molecule has 0 spiro atoms. The first-order valence-electron chi connectivity index (χ1n) is 10.3. The van der Waals surface area contributed by atoms with Gasteiger partial charge in [-0.25, -0.2) is 8.42 Å². The Balaban J connectivity index is 1.82. The Bertz CT molecular complexity index is 1300. The molecule has 1 aliphatic heterocycles. The van der Waals surface area contributed by atoms with Gasteiger partial charge in [-0.05, 0) is 53.8 Å². The summed E-state index contributed by atoms with van der Waals surface area (Å²) in [5.41, 5.74) is 5.20. The zero-order valence-corrected chi connectivity index (χ0v) is 18.8. The maximum Gasteiger partial charge on any atom is 0.229 e. The Hall–Kier alpha value is -3.50. The lowest BCUT2D eigenvalue weighted by Gasteiger charge is -2.30. The zero-order chi connectivity index (χ0) is 22.7. The van der Waals surface area contributed by atoms with Crippen molar-refractivity contribution in [3.8, 4) is 28.7 Å². The minimum atomic E-state index is -3.42. The first-order valence-corrected chi connectivity index (χ1v) is 12.2. The van der Waals surface area contributed by atoms with E-state index in [-0.39, 0.29) is 0 Å². The van der Waals surface area contributed by atoms with Crippen LogP contribution in [0.4, 0.5) is 5.69 Å². The van der Waals surface area contributed by atoms with E-state index in [1.54, 1.807) is 13.2 Å². The first-order chi connectivity index (χ1) is 15.4. The SMILES string of the molecule is COc1cccc2c1-c1ccc(NS(C)(=O)=O)cc1C(c1cccc(CCCC#N)c1)O2. The summed E-state index contributed by atoms with van der Waals surface area (Å²) >= 11 is 0. The van der Waals surface area contributed by atoms with Gasteiger partial charge in [0.1, 0.15) is 17.6 Å². The molecule has 32 heavy (non-hydrogen) atoms. The van der Waals surface area contributed by atoms with Crippen molar-refractivity contribution in [2.24, 2.45) is 0 Å². The van der Waals surface area contributed by atoms with Gasteiger partial charge in [-0.2, -0.15) is 5.26 Å². The van der Waals surface area contributed by atoms with Crippen molar-refractivity contribution < 1.29 is 17.9 Å². The third-order valence-corrected chi connectivity index (χ3v) is 5.97. The molecule has 4 rings (SSSR count). The van der Waals surface area contributed by atoms with Gasteiger partial charge in [0.2, 0.25) is 10.0 Å². The number of nitriles is 1. The monoisotopic (exact) mass is 448 g/mol. The largest absolute Gasteiger partial charge is 0.496 e. The van der Waals surface area contributed by atoms with E-state index in [0.717, 1.165) is 46.9 Å². The smallest absolute Gasteiger partial charge is 0.229 e. The van der Waals surface area contributed by atoms with Crippen LogP contribution in [0.15, 0.2) is 60.7 Å². The Morgan fingerprint density at radius 2 is 1.94 bits per heavy atom. The molecule has 1 N–H and O–H groups in total. The van der Waals surface area contributed by atoms with Crippen molar-refractivity contribution in [2.45, 2.75) is 25.4 Å². The van der Waals surface area contributed by atoms with Crippen LogP contribution in [0.25, 0.3) is 11.1 Å². The van der Waals surface area contributed by atoms with E-state index in [1.807, 2.05) is 48.5 Å². The predicted octanol–water partition coefficient (Wildman–Crippen LogP) is 5.06. The van der Waals surface area contributed by atoms with Crippen LogP contribution in [-0.2, 0) is 16.4 Å². The molecular formula is C25H24N2O4S. The molecule has 6 nitrogen and oxygen atoms in total. The van der Waals surface area contributed by atoms with Crippen molar-refractivity contribution >= 4 is 15.7 Å². The molecule has 1 heterocycles. The van der Waals surface area contributed by atoms with Crippen LogP contribution in [-0.4, -0.2) is 21.8 Å². The van der Waals surface area contributed by atoms with Gasteiger partial charge in [0.25, 0.3) is 0 Å². The fourth-order valence-electron chi connectivity index (χ4n) is 4.05. The van der Waals surface area contributed by atoms with E-state index < -0.39 is 16.1 Å². The van der Waals surface area contributed by atoms with E-state index in [4.69, 9.17) is 14.7 Å². The normalized spacial score (nSPS) is 14.5. The van der Waals surface area contributed by atoms with Crippen LogP contribution in [0.1, 0.15) is 35.6 Å². The van der Waals surface area contributed by atoms with Crippen LogP contribution in [0.5, 0.6) is 11.5 Å². The molecule has 0 saturated carbocycles. The summed E-state index contributed by atoms with van der Waals surface area (Å²) in [6.45, 7) is 0. The summed E-state index contributed by atoms with van der Waals surface area (Å²) in [5.74, 6) is 1.40. The lowest BCUT2D eigenvalue weighted by atomic mass is 9.88. The zero-order valence-electron chi connectivity index (χ0n) is 18.0. The number of sulfonamides is 1. The highest BCUT2D eigenvalue weighted by atomic mass is 32.2. The van der Waals surface area contributed by atoms with Gasteiger partial charge in [-0.3, -0.25) is 4.72 Å². The van der Waals surface area contributed by atoms with Crippen LogP contribution in [0.3, 0.4) is 0 Å². The molecule has 0 saturated heterocycles. The lowest BCUT2D eigenvalue weighted by Crippen LogP contribution is -2.17. The number of fused-ring (bicyclic) bond motifs is 3. The maximum absolute atomic E-state index is 11.8. The highest BCUT2D eigenvalue weighted by Crippen LogP contribution is 2.49. The third kappa shape index (κ3) is 4.56. The minimum absolute atomic E-state index is 0.415. The standard InChI is InChI=1S/C25H24N2O4S/c1-30-22-10-6-11-23-24(22)20-13-12-19(27-32(2,28)29)16-21(20)25(31-23)18-9-5-8-17(15-18)7-3-4-14-26/h5-6,8-13,15-16,25,27H,3-4,7H2,1-2H3. The average molecular weight is 449 g/mol. The second-order valence-corrected chi connectivity index (χ2v) is 9.51. The number of nitrogens with one attached hydrogen (secondary N) is 1. The summed E-state index contributed by atoms with van der Waals surface area (Å²) < 4.78 is 38.2. The van der Waals surface area contributed by atoms with Crippen LogP contribution in [0, 0.1) is 11.3 Å². The van der Waals surface area contributed by atoms with Gasteiger partial charge >= 0.3 is 0 Å². The second-order valence-electron chi connectivity index (χ2n) is 7.76. The number of unbranched alkanes of at least 4 members (excludes halogenated alkanes) is 1. The summed E-state index contributed by atoms with van der Waals surface area (Å²) in [6, 6.07) is 21.4. The molecule has 0 aliphatic carbocycles. The second kappa shape index (κ2) is 8.93. The number of aryl methyl sites for hydroxylation is 1. The van der Waals surface area contributed by atoms with Gasteiger partial charge in [0, 0.05) is 17.7 Å². The molecular weight excluding hydrogens is 424 g/mol. The molecule has 1 atom stereocenters. The number of ether oxygens (including phenoxy) is 2. The highest BCUT2D eigenvalue weighted by Gasteiger charge is 2.30. The van der Waals surface area contributed by atoms with E-state index >= 15 is 0 Å². The van der Waals surface area contributed by atoms with E-state index in [9.17, 15) is 8.42 Å². The number of anilines is 1. The van der Waals surface area contributed by atoms with E-state index in [2.05, 4.69) is 16.9 Å². The third-order valence-electron chi connectivity index (χ3n) is 5.37. The van der Waals surface area contributed by atoms with Crippen LogP contribution < -0.4 is 14.2 Å². The van der Waals surface area contributed by atoms with Crippen LogP contribution >= 0.6 is 0 Å². The Morgan fingerprint density at radius 3 is 2.69 bits per heavy atom. The molecule has 0 fully saturated rings. The molecule has 0 aromatic heterocycles. The van der Waals surface area contributed by atoms with Gasteiger partial charge in [-0.1, -0.05) is 36.4 Å². The quantitative estimate of drug-likeness (QED) is 0.510. The Labute approximate surface area is 188 Å². The number of benzene rings is 3. The number of hydrogen-bond acceptors (Lipinski definition) is 5. The van der Waals surface area contributed by atoms with Crippen molar-refractivity contribution in [1.82, 2.24) is 0 Å². The molecule has 7 heteroatoms. The van der Waals surface area contributed by atoms with Gasteiger partial charge in [0.05, 0.1) is 25.0 Å². The predicted molar refractivity (Wildman–Crippen MR) is 124 cm³/mol. The van der Waals surface area contributed by atoms with Crippen molar-refractivity contribution in [1.29, 1.82) is 5.26 Å². The number of rotatable bonds is 7. The molecule has 3 aromatic rings. The van der Waals surface area contributed by atoms with Gasteiger partial charge < -0.3 is 9.47 Å². The summed E-state index contributed by atoms with van der Waals surface area (Å²) in [5, 5.41) is 8.83. The van der Waals surface area contributed by atoms with Crippen LogP contribution in [0.2, 0.25) is 0 Å². The molecule has 0 radical (unpaired) electrons. The summed E-state index contributed by atoms with van der Waals surface area (Å²) in [6.07, 6.45) is 2.83. The number of nitrogens with zero attached hydrogens (tertiary/aromatic N) is 1. The highest BCUT2D eigenvalue weighted by molar-refractivity contribution is 7.92. The topological polar surface area (TPSA) is 88.4 Å². The van der Waals surface area contributed by atoms with Crippen molar-refractivity contribution in [3.63, 3.8) is 0 Å². The van der Waals surface area contributed by atoms with E-state index in [0.29, 0.717) is 23.6 Å². The Morgan fingerprint density at radius 1 is 1.12 bits per heavy atom. The average Bonchev–Trinajstić information content (AvgIpc) is 2.77. The van der Waals surface area contributed by atoms with Gasteiger partial charge in [-0.15, -0.1) is 0 Å². The fraction of sp³-hybridized carbons (Fsp3) is 0.240. The molecule has 1 unspecified atom stereocenters. The molecule has 3 aromatic carbocycles. The summed E-state index contributed by atoms with van der Waals surface area (Å²) in [7, 11) is -1.80. The lowest BCUT2D eigenvalue weighted by molar-refractivity contribution is 0.242. The first kappa shape index (κ1) is 21.7. The Kier molecular flexibility index (Phi) is 6.06. The maximum atomic E-state index is 11.8.